The van der Waals surface area contributed by atoms with Crippen LogP contribution in [0.4, 0.5) is 0 Å². The van der Waals surface area contributed by atoms with E-state index in [-0.39, 0.29) is 0 Å². The second kappa shape index (κ2) is 11.9. The van der Waals surface area contributed by atoms with Gasteiger partial charge in [-0.1, -0.05) is 32.9 Å². The number of rotatable bonds is 3. The van der Waals surface area contributed by atoms with Gasteiger partial charge >= 0.3 is 0 Å². The van der Waals surface area contributed by atoms with Crippen LogP contribution in [0.15, 0.2) is 29.4 Å². The van der Waals surface area contributed by atoms with Crippen LogP contribution in [-0.4, -0.2) is 6.21 Å². The van der Waals surface area contributed by atoms with Crippen molar-refractivity contribution in [3.63, 3.8) is 0 Å². The summed E-state index contributed by atoms with van der Waals surface area (Å²) < 4.78 is 0. The topological polar surface area (TPSA) is 12.4 Å². The first-order chi connectivity index (χ1) is 5.31. The minimum Gasteiger partial charge on any atom is -0.269 e. The van der Waals surface area contributed by atoms with Crippen molar-refractivity contribution < 1.29 is 0 Å². The van der Waals surface area contributed by atoms with E-state index < -0.39 is 0 Å². The van der Waals surface area contributed by atoms with Gasteiger partial charge in [0.15, 0.2) is 0 Å². The molecule has 0 spiro atoms. The predicted molar refractivity (Wildman–Crippen MR) is 54.1 cm³/mol. The SMILES string of the molecule is C=C(/C=C\N=CC)CC.CC. The highest BCUT2D eigenvalue weighted by atomic mass is 14.6. The molecule has 0 amide bonds. The van der Waals surface area contributed by atoms with Crippen molar-refractivity contribution in [2.75, 3.05) is 0 Å². The summed E-state index contributed by atoms with van der Waals surface area (Å²) in [6.45, 7) is 11.7. The molecule has 64 valence electrons. The summed E-state index contributed by atoms with van der Waals surface area (Å²) in [6.07, 6.45) is 6.42. The van der Waals surface area contributed by atoms with E-state index >= 15 is 0 Å². The smallest absolute Gasteiger partial charge is 0.0266 e. The second-order valence-corrected chi connectivity index (χ2v) is 1.73. The summed E-state index contributed by atoms with van der Waals surface area (Å²) in [7, 11) is 0. The average Bonchev–Trinajstić information content (AvgIpc) is 2.08. The first-order valence-electron chi connectivity index (χ1n) is 4.13. The van der Waals surface area contributed by atoms with Crippen LogP contribution in [-0.2, 0) is 0 Å². The zero-order valence-corrected chi connectivity index (χ0v) is 8.09. The standard InChI is InChI=1S/C8H13N.C2H6/c1-4-8(3)6-7-9-5-2;1-2/h5-7H,3-4H2,1-2H3;1-2H3/b7-6-,9-5?;. The first kappa shape index (κ1) is 12.8. The molecule has 0 aromatic carbocycles. The van der Waals surface area contributed by atoms with Crippen molar-refractivity contribution in [2.24, 2.45) is 4.99 Å². The molecule has 0 heterocycles. The van der Waals surface area contributed by atoms with Crippen molar-refractivity contribution in [1.29, 1.82) is 0 Å². The Hall–Kier alpha value is -0.850. The predicted octanol–water partition coefficient (Wildman–Crippen LogP) is 3.58. The Balaban J connectivity index is 0. The van der Waals surface area contributed by atoms with Crippen LogP contribution in [0.5, 0.6) is 0 Å². The normalized spacial score (nSPS) is 9.82. The van der Waals surface area contributed by atoms with Crippen molar-refractivity contribution >= 4 is 6.21 Å². The fourth-order valence-electron chi connectivity index (χ4n) is 0.352. The van der Waals surface area contributed by atoms with Gasteiger partial charge in [-0.3, -0.25) is 4.99 Å². The fraction of sp³-hybridized carbons (Fsp3) is 0.500. The van der Waals surface area contributed by atoms with Crippen LogP contribution < -0.4 is 0 Å². The van der Waals surface area contributed by atoms with E-state index in [4.69, 9.17) is 0 Å². The van der Waals surface area contributed by atoms with Crippen LogP contribution in [0.1, 0.15) is 34.1 Å². The Morgan fingerprint density at radius 1 is 1.45 bits per heavy atom. The molecule has 1 nitrogen and oxygen atoms in total. The lowest BCUT2D eigenvalue weighted by Gasteiger charge is -1.86. The second-order valence-electron chi connectivity index (χ2n) is 1.73. The number of allylic oxidation sites excluding steroid dienone is 2. The molecule has 11 heavy (non-hydrogen) atoms. The zero-order valence-electron chi connectivity index (χ0n) is 8.09. The lowest BCUT2D eigenvalue weighted by atomic mass is 10.2. The van der Waals surface area contributed by atoms with Gasteiger partial charge in [0, 0.05) is 12.4 Å². The minimum absolute atomic E-state index is 0.996. The maximum absolute atomic E-state index is 3.89. The molecule has 0 fully saturated rings. The Kier molecular flexibility index (Phi) is 13.8. The van der Waals surface area contributed by atoms with E-state index in [1.807, 2.05) is 26.8 Å². The zero-order chi connectivity index (χ0) is 9.11. The van der Waals surface area contributed by atoms with Crippen LogP contribution >= 0.6 is 0 Å². The van der Waals surface area contributed by atoms with E-state index in [1.165, 1.54) is 0 Å². The molecular weight excluding hydrogens is 134 g/mol. The molecule has 0 saturated heterocycles. The maximum Gasteiger partial charge on any atom is 0.0266 e. The Bertz CT molecular complexity index is 132. The van der Waals surface area contributed by atoms with E-state index in [0.29, 0.717) is 0 Å². The number of aliphatic imine (C=N–C) groups is 1. The molecule has 0 aliphatic rings. The summed E-state index contributed by atoms with van der Waals surface area (Å²) in [5, 5.41) is 0. The van der Waals surface area contributed by atoms with Crippen LogP contribution in [0, 0.1) is 0 Å². The molecule has 0 bridgehead atoms. The summed E-state index contributed by atoms with van der Waals surface area (Å²) in [4.78, 5) is 3.89. The lowest BCUT2D eigenvalue weighted by Crippen LogP contribution is -1.66. The summed E-state index contributed by atoms with van der Waals surface area (Å²) in [6, 6.07) is 0. The van der Waals surface area contributed by atoms with Gasteiger partial charge in [-0.05, 0) is 19.4 Å². The molecule has 1 heteroatoms. The molecule has 0 radical (unpaired) electrons. The third-order valence-corrected chi connectivity index (χ3v) is 0.999. The van der Waals surface area contributed by atoms with Gasteiger partial charge < -0.3 is 0 Å². The third kappa shape index (κ3) is 12.4. The number of nitrogens with zero attached hydrogens (tertiary/aromatic N) is 1. The van der Waals surface area contributed by atoms with Crippen molar-refractivity contribution in [1.82, 2.24) is 0 Å². The quantitative estimate of drug-likeness (QED) is 0.434. The Morgan fingerprint density at radius 3 is 2.36 bits per heavy atom. The van der Waals surface area contributed by atoms with Gasteiger partial charge in [0.25, 0.3) is 0 Å². The van der Waals surface area contributed by atoms with Crippen molar-refractivity contribution in [3.8, 4) is 0 Å². The summed E-state index contributed by atoms with van der Waals surface area (Å²) >= 11 is 0. The molecule has 0 atom stereocenters. The molecule has 0 saturated carbocycles. The maximum atomic E-state index is 3.89. The lowest BCUT2D eigenvalue weighted by molar-refractivity contribution is 1.16. The average molecular weight is 153 g/mol. The molecule has 0 rings (SSSR count). The number of hydrogen-bond acceptors (Lipinski definition) is 1. The highest BCUT2D eigenvalue weighted by Gasteiger charge is 1.76. The largest absolute Gasteiger partial charge is 0.269 e. The Morgan fingerprint density at radius 2 is 2.00 bits per heavy atom. The summed E-state index contributed by atoms with van der Waals surface area (Å²) in [5.41, 5.74) is 1.11. The molecule has 0 unspecified atom stereocenters. The van der Waals surface area contributed by atoms with Gasteiger partial charge in [-0.15, -0.1) is 0 Å². The first-order valence-corrected chi connectivity index (χ1v) is 4.13. The molecule has 0 aliphatic carbocycles. The van der Waals surface area contributed by atoms with Gasteiger partial charge in [0.05, 0.1) is 0 Å². The Labute approximate surface area is 70.5 Å². The van der Waals surface area contributed by atoms with Gasteiger partial charge in [0.2, 0.25) is 0 Å². The van der Waals surface area contributed by atoms with Crippen LogP contribution in [0.3, 0.4) is 0 Å². The van der Waals surface area contributed by atoms with E-state index in [9.17, 15) is 0 Å². The molecule has 0 aliphatic heterocycles. The van der Waals surface area contributed by atoms with Gasteiger partial charge in [-0.2, -0.15) is 0 Å². The summed E-state index contributed by atoms with van der Waals surface area (Å²) in [5.74, 6) is 0. The molecule has 0 aromatic rings. The highest BCUT2D eigenvalue weighted by molar-refractivity contribution is 5.54. The van der Waals surface area contributed by atoms with Gasteiger partial charge in [0.1, 0.15) is 0 Å². The number of hydrogen-bond donors (Lipinski definition) is 0. The van der Waals surface area contributed by atoms with Crippen LogP contribution in [0.2, 0.25) is 0 Å². The molecule has 0 N–H and O–H groups in total. The van der Waals surface area contributed by atoms with Gasteiger partial charge in [-0.25, -0.2) is 0 Å². The van der Waals surface area contributed by atoms with Crippen molar-refractivity contribution in [2.45, 2.75) is 34.1 Å². The third-order valence-electron chi connectivity index (χ3n) is 0.999. The fourth-order valence-corrected chi connectivity index (χ4v) is 0.352. The van der Waals surface area contributed by atoms with Crippen LogP contribution in [0.25, 0.3) is 0 Å². The highest BCUT2D eigenvalue weighted by Crippen LogP contribution is 1.96. The van der Waals surface area contributed by atoms with E-state index in [2.05, 4.69) is 18.5 Å². The molecule has 0 aromatic heterocycles. The van der Waals surface area contributed by atoms with E-state index in [0.717, 1.165) is 12.0 Å². The minimum atomic E-state index is 0.996. The molecular formula is C10H19N. The van der Waals surface area contributed by atoms with Crippen molar-refractivity contribution in [3.05, 3.63) is 24.4 Å². The monoisotopic (exact) mass is 153 g/mol. The van der Waals surface area contributed by atoms with E-state index in [1.54, 1.807) is 12.4 Å².